The van der Waals surface area contributed by atoms with E-state index in [-0.39, 0.29) is 0 Å². The summed E-state index contributed by atoms with van der Waals surface area (Å²) in [6.07, 6.45) is 6.06. The molecule has 0 spiro atoms. The van der Waals surface area contributed by atoms with Gasteiger partial charge < -0.3 is 4.90 Å². The average molecular weight is 203 g/mol. The first kappa shape index (κ1) is 10.0. The maximum Gasteiger partial charge on any atom is 0.240 e. The number of likely N-dealkylation sites (N-methyl/N-ethyl adjacent to an activating group) is 1. The number of hydrogen-bond acceptors (Lipinski definition) is 4. The van der Waals surface area contributed by atoms with E-state index in [1.54, 1.807) is 18.5 Å². The van der Waals surface area contributed by atoms with E-state index >= 15 is 0 Å². The Kier molecular flexibility index (Phi) is 2.90. The van der Waals surface area contributed by atoms with Gasteiger partial charge >= 0.3 is 0 Å². The predicted molar refractivity (Wildman–Crippen MR) is 56.9 cm³/mol. The fourth-order valence-corrected chi connectivity index (χ4v) is 2.07. The average Bonchev–Trinajstić information content (AvgIpc) is 2.66. The van der Waals surface area contributed by atoms with Crippen LogP contribution in [0.25, 0.3) is 0 Å². The molecule has 1 aliphatic rings. The predicted octanol–water partition coefficient (Wildman–Crippen LogP) is 1.47. The third-order valence-corrected chi connectivity index (χ3v) is 2.83. The summed E-state index contributed by atoms with van der Waals surface area (Å²) in [5.41, 5.74) is 1.77. The van der Waals surface area contributed by atoms with E-state index in [0.29, 0.717) is 11.6 Å². The minimum Gasteiger partial charge on any atom is -0.306 e. The van der Waals surface area contributed by atoms with Crippen LogP contribution in [-0.4, -0.2) is 36.1 Å². The molecule has 1 aromatic heterocycles. The third-order valence-electron chi connectivity index (χ3n) is 2.83. The second kappa shape index (κ2) is 4.34. The zero-order chi connectivity index (χ0) is 10.7. The lowest BCUT2D eigenvalue weighted by Crippen LogP contribution is -2.13. The SMILES string of the molecule is CN1CCC(c2ccncc2N=C=O)C1. The smallest absolute Gasteiger partial charge is 0.240 e. The van der Waals surface area contributed by atoms with E-state index in [1.165, 1.54) is 0 Å². The van der Waals surface area contributed by atoms with Gasteiger partial charge in [-0.3, -0.25) is 4.98 Å². The Hall–Kier alpha value is -1.51. The Labute approximate surface area is 88.7 Å². The van der Waals surface area contributed by atoms with Gasteiger partial charge in [-0.2, -0.15) is 4.99 Å². The van der Waals surface area contributed by atoms with E-state index in [2.05, 4.69) is 21.9 Å². The maximum atomic E-state index is 10.3. The van der Waals surface area contributed by atoms with Crippen molar-refractivity contribution in [2.45, 2.75) is 12.3 Å². The van der Waals surface area contributed by atoms with Crippen molar-refractivity contribution in [3.8, 4) is 0 Å². The van der Waals surface area contributed by atoms with Gasteiger partial charge in [0.05, 0.1) is 11.9 Å². The number of hydrogen-bond donors (Lipinski definition) is 0. The molecule has 0 radical (unpaired) electrons. The Bertz CT molecular complexity index is 399. The normalized spacial score (nSPS) is 21.3. The van der Waals surface area contributed by atoms with Crippen LogP contribution >= 0.6 is 0 Å². The van der Waals surface area contributed by atoms with Crippen molar-refractivity contribution in [3.63, 3.8) is 0 Å². The first-order valence-electron chi connectivity index (χ1n) is 5.01. The molecule has 0 amide bonds. The van der Waals surface area contributed by atoms with E-state index in [9.17, 15) is 4.79 Å². The summed E-state index contributed by atoms with van der Waals surface area (Å²) in [5, 5.41) is 0. The van der Waals surface area contributed by atoms with E-state index in [0.717, 1.165) is 25.1 Å². The number of aromatic nitrogens is 1. The topological polar surface area (TPSA) is 45.6 Å². The van der Waals surface area contributed by atoms with Crippen LogP contribution in [0.2, 0.25) is 0 Å². The molecule has 4 heteroatoms. The largest absolute Gasteiger partial charge is 0.306 e. The number of nitrogens with zero attached hydrogens (tertiary/aromatic N) is 3. The fourth-order valence-electron chi connectivity index (χ4n) is 2.07. The number of pyridine rings is 1. The molecule has 15 heavy (non-hydrogen) atoms. The van der Waals surface area contributed by atoms with Gasteiger partial charge in [0.1, 0.15) is 0 Å². The van der Waals surface area contributed by atoms with Crippen molar-refractivity contribution >= 4 is 11.8 Å². The Morgan fingerprint density at radius 2 is 2.53 bits per heavy atom. The second-order valence-corrected chi connectivity index (χ2v) is 3.89. The van der Waals surface area contributed by atoms with Crippen LogP contribution in [0.15, 0.2) is 23.5 Å². The van der Waals surface area contributed by atoms with Crippen LogP contribution in [0.5, 0.6) is 0 Å². The molecule has 78 valence electrons. The van der Waals surface area contributed by atoms with Crippen LogP contribution in [0.3, 0.4) is 0 Å². The highest BCUT2D eigenvalue weighted by Gasteiger charge is 2.23. The molecule has 2 heterocycles. The monoisotopic (exact) mass is 203 g/mol. The van der Waals surface area contributed by atoms with Crippen molar-refractivity contribution in [1.29, 1.82) is 0 Å². The number of rotatable bonds is 2. The molecule has 1 aliphatic heterocycles. The van der Waals surface area contributed by atoms with Crippen LogP contribution in [0.4, 0.5) is 5.69 Å². The molecule has 1 aromatic rings. The second-order valence-electron chi connectivity index (χ2n) is 3.89. The summed E-state index contributed by atoms with van der Waals surface area (Å²) in [7, 11) is 2.10. The van der Waals surface area contributed by atoms with Crippen molar-refractivity contribution < 1.29 is 4.79 Å². The van der Waals surface area contributed by atoms with Crippen molar-refractivity contribution in [2.24, 2.45) is 4.99 Å². The van der Waals surface area contributed by atoms with E-state index in [4.69, 9.17) is 0 Å². The van der Waals surface area contributed by atoms with Gasteiger partial charge in [0.15, 0.2) is 0 Å². The first-order valence-corrected chi connectivity index (χ1v) is 5.01. The zero-order valence-corrected chi connectivity index (χ0v) is 8.68. The highest BCUT2D eigenvalue weighted by Crippen LogP contribution is 2.32. The fraction of sp³-hybridized carbons (Fsp3) is 0.455. The van der Waals surface area contributed by atoms with Crippen molar-refractivity contribution in [3.05, 3.63) is 24.0 Å². The summed E-state index contributed by atoms with van der Waals surface area (Å²) in [4.78, 5) is 20.2. The third kappa shape index (κ3) is 2.12. The molecule has 1 atom stereocenters. The Balaban J connectivity index is 2.30. The zero-order valence-electron chi connectivity index (χ0n) is 8.68. The van der Waals surface area contributed by atoms with Gasteiger partial charge in [0, 0.05) is 18.7 Å². The summed E-state index contributed by atoms with van der Waals surface area (Å²) in [6.45, 7) is 2.11. The maximum absolute atomic E-state index is 10.3. The minimum absolute atomic E-state index is 0.463. The summed E-state index contributed by atoms with van der Waals surface area (Å²) < 4.78 is 0. The number of likely N-dealkylation sites (tertiary alicyclic amines) is 1. The molecule has 1 unspecified atom stereocenters. The number of isocyanates is 1. The van der Waals surface area contributed by atoms with Gasteiger partial charge in [0.25, 0.3) is 0 Å². The highest BCUT2D eigenvalue weighted by atomic mass is 16.1. The summed E-state index contributed by atoms with van der Waals surface area (Å²) in [5.74, 6) is 0.463. The van der Waals surface area contributed by atoms with E-state index in [1.807, 2.05) is 6.07 Å². The van der Waals surface area contributed by atoms with Gasteiger partial charge in [-0.15, -0.1) is 0 Å². The van der Waals surface area contributed by atoms with Gasteiger partial charge in [-0.1, -0.05) is 0 Å². The highest BCUT2D eigenvalue weighted by molar-refractivity contribution is 5.53. The van der Waals surface area contributed by atoms with Gasteiger partial charge in [-0.25, -0.2) is 4.79 Å². The molecule has 0 aromatic carbocycles. The molecule has 4 nitrogen and oxygen atoms in total. The Morgan fingerprint density at radius 1 is 1.67 bits per heavy atom. The molecule has 1 fully saturated rings. The van der Waals surface area contributed by atoms with Crippen molar-refractivity contribution in [1.82, 2.24) is 9.88 Å². The van der Waals surface area contributed by atoms with E-state index < -0.39 is 0 Å². The van der Waals surface area contributed by atoms with Crippen LogP contribution < -0.4 is 0 Å². The van der Waals surface area contributed by atoms with Gasteiger partial charge in [0.2, 0.25) is 6.08 Å². The lowest BCUT2D eigenvalue weighted by molar-refractivity contribution is 0.411. The number of carbonyl (C=O) groups excluding carboxylic acids is 1. The lowest BCUT2D eigenvalue weighted by Gasteiger charge is -2.11. The first-order chi connectivity index (χ1) is 7.31. The molecule has 1 saturated heterocycles. The molecule has 0 aliphatic carbocycles. The summed E-state index contributed by atoms with van der Waals surface area (Å²) in [6, 6.07) is 1.94. The molecular formula is C11H13N3O. The molecule has 2 rings (SSSR count). The molecule has 0 bridgehead atoms. The number of aliphatic imine (C=N–C) groups is 1. The van der Waals surface area contributed by atoms with Crippen LogP contribution in [0, 0.1) is 0 Å². The molecular weight excluding hydrogens is 190 g/mol. The van der Waals surface area contributed by atoms with Gasteiger partial charge in [-0.05, 0) is 31.6 Å². The standard InChI is InChI=1S/C11H13N3O/c1-14-5-3-9(7-14)10-2-4-12-6-11(10)13-8-15/h2,4,6,9H,3,5,7H2,1H3. The van der Waals surface area contributed by atoms with Crippen LogP contribution in [-0.2, 0) is 4.79 Å². The lowest BCUT2D eigenvalue weighted by atomic mass is 9.98. The van der Waals surface area contributed by atoms with Crippen molar-refractivity contribution in [2.75, 3.05) is 20.1 Å². The minimum atomic E-state index is 0.463. The summed E-state index contributed by atoms with van der Waals surface area (Å²) >= 11 is 0. The quantitative estimate of drug-likeness (QED) is 0.540. The van der Waals surface area contributed by atoms with Crippen LogP contribution in [0.1, 0.15) is 17.9 Å². The molecule has 0 N–H and O–H groups in total. The Morgan fingerprint density at radius 3 is 3.20 bits per heavy atom. The molecule has 0 saturated carbocycles.